The molecule has 0 saturated heterocycles. The van der Waals surface area contributed by atoms with Gasteiger partial charge in [0.15, 0.2) is 11.4 Å². The van der Waals surface area contributed by atoms with E-state index in [1.807, 2.05) is 6.92 Å². The van der Waals surface area contributed by atoms with Crippen LogP contribution in [0.25, 0.3) is 11.3 Å². The third-order valence-electron chi connectivity index (χ3n) is 7.92. The fraction of sp³-hybridized carbons (Fsp3) is 0.276. The molecule has 43 heavy (non-hydrogen) atoms. The van der Waals surface area contributed by atoms with Gasteiger partial charge in [0.25, 0.3) is 16.0 Å². The average molecular weight is 615 g/mol. The lowest BCUT2D eigenvalue weighted by molar-refractivity contribution is -0.166. The van der Waals surface area contributed by atoms with E-state index >= 15 is 0 Å². The summed E-state index contributed by atoms with van der Waals surface area (Å²) in [5.74, 6) is -8.78. The first-order valence-corrected chi connectivity index (χ1v) is 14.2. The van der Waals surface area contributed by atoms with Crippen molar-refractivity contribution in [2.24, 2.45) is 17.6 Å². The van der Waals surface area contributed by atoms with E-state index in [2.05, 4.69) is 6.58 Å². The largest absolute Gasteiger partial charge is 0.508 e. The molecule has 0 unspecified atom stereocenters. The van der Waals surface area contributed by atoms with Crippen LogP contribution in [0.4, 0.5) is 0 Å². The number of aliphatic hydroxyl groups is 4. The fourth-order valence-electron chi connectivity index (χ4n) is 5.92. The summed E-state index contributed by atoms with van der Waals surface area (Å²) in [5.41, 5.74) is 2.12. The summed E-state index contributed by atoms with van der Waals surface area (Å²) in [4.78, 5) is 39.8. The van der Waals surface area contributed by atoms with Gasteiger partial charge in [-0.05, 0) is 50.4 Å². The average Bonchev–Trinajstić information content (AvgIpc) is 2.90. The zero-order chi connectivity index (χ0) is 32.3. The molecule has 2 aromatic rings. The summed E-state index contributed by atoms with van der Waals surface area (Å²) in [6, 6.07) is 8.88. The molecule has 0 heterocycles. The van der Waals surface area contributed by atoms with Crippen LogP contribution in [0.3, 0.4) is 0 Å². The van der Waals surface area contributed by atoms with E-state index in [4.69, 9.17) is 10.3 Å². The van der Waals surface area contributed by atoms with Crippen molar-refractivity contribution in [1.82, 2.24) is 4.90 Å². The third kappa shape index (κ3) is 4.82. The first kappa shape index (κ1) is 31.6. The van der Waals surface area contributed by atoms with Crippen LogP contribution in [0.5, 0.6) is 5.75 Å². The molecular formula is C29H30N2O11S. The molecule has 1 amide bonds. The number of primary amides is 1. The maximum Gasteiger partial charge on any atom is 0.294 e. The van der Waals surface area contributed by atoms with Crippen molar-refractivity contribution in [3.8, 4) is 5.75 Å². The number of aliphatic hydroxyl groups excluding tert-OH is 3. The lowest BCUT2D eigenvalue weighted by Gasteiger charge is -2.52. The molecule has 228 valence electrons. The Morgan fingerprint density at radius 3 is 2.14 bits per heavy atom. The van der Waals surface area contributed by atoms with E-state index in [1.54, 1.807) is 12.1 Å². The number of aromatic hydroxyl groups is 1. The van der Waals surface area contributed by atoms with Crippen LogP contribution in [-0.2, 0) is 24.5 Å². The van der Waals surface area contributed by atoms with E-state index in [9.17, 15) is 48.3 Å². The number of rotatable bonds is 3. The number of nitrogens with two attached hydrogens (primary N) is 1. The van der Waals surface area contributed by atoms with Crippen LogP contribution >= 0.6 is 0 Å². The molecule has 3 aliphatic carbocycles. The molecule has 5 rings (SSSR count). The molecule has 1 saturated carbocycles. The molecule has 0 spiro atoms. The van der Waals surface area contributed by atoms with E-state index in [0.29, 0.717) is 0 Å². The Bertz CT molecular complexity index is 1740. The lowest BCUT2D eigenvalue weighted by Crippen LogP contribution is -2.70. The Balaban J connectivity index is 0.000000324. The van der Waals surface area contributed by atoms with Gasteiger partial charge in [0, 0.05) is 5.92 Å². The van der Waals surface area contributed by atoms with Crippen molar-refractivity contribution in [2.75, 3.05) is 14.1 Å². The molecule has 1 fully saturated rings. The minimum atomic E-state index is -4.02. The summed E-state index contributed by atoms with van der Waals surface area (Å²) < 4.78 is 29.6. The van der Waals surface area contributed by atoms with Crippen molar-refractivity contribution < 1.29 is 52.9 Å². The normalized spacial score (nSPS) is 26.8. The molecule has 14 heteroatoms. The number of amides is 1. The zero-order valence-corrected chi connectivity index (χ0v) is 24.0. The number of benzene rings is 2. The number of phenolic OH excluding ortho intramolecular Hbond substituents is 1. The molecule has 5 atom stereocenters. The Kier molecular flexibility index (Phi) is 7.89. The number of hydrogen-bond acceptors (Lipinski definition) is 11. The highest BCUT2D eigenvalue weighted by Gasteiger charge is 2.68. The summed E-state index contributed by atoms with van der Waals surface area (Å²) in [7, 11) is -1.14. The van der Waals surface area contributed by atoms with E-state index < -0.39 is 79.8 Å². The van der Waals surface area contributed by atoms with Crippen LogP contribution < -0.4 is 5.73 Å². The minimum Gasteiger partial charge on any atom is -0.508 e. The van der Waals surface area contributed by atoms with Gasteiger partial charge in [0.2, 0.25) is 5.78 Å². The number of phenols is 1. The number of nitrogens with zero attached hydrogens (tertiary/aromatic N) is 1. The summed E-state index contributed by atoms with van der Waals surface area (Å²) in [5, 5.41) is 54.7. The quantitative estimate of drug-likeness (QED) is 0.186. The van der Waals surface area contributed by atoms with Crippen molar-refractivity contribution in [2.45, 2.75) is 29.6 Å². The van der Waals surface area contributed by atoms with Crippen molar-refractivity contribution in [1.29, 1.82) is 0 Å². The van der Waals surface area contributed by atoms with Gasteiger partial charge < -0.3 is 31.3 Å². The first-order chi connectivity index (χ1) is 19.9. The van der Waals surface area contributed by atoms with Crippen LogP contribution in [0.2, 0.25) is 0 Å². The Labute approximate surface area is 246 Å². The molecule has 0 radical (unpaired) electrons. The van der Waals surface area contributed by atoms with Crippen LogP contribution in [-0.4, -0.2) is 92.7 Å². The van der Waals surface area contributed by atoms with Crippen LogP contribution in [0.1, 0.15) is 16.7 Å². The molecule has 0 bridgehead atoms. The van der Waals surface area contributed by atoms with Gasteiger partial charge in [0.05, 0.1) is 34.1 Å². The third-order valence-corrected chi connectivity index (χ3v) is 8.79. The van der Waals surface area contributed by atoms with Gasteiger partial charge in [-0.2, -0.15) is 8.42 Å². The standard InChI is InChI=1S/C22H22N2O8.C7H8O3S/c1-7-8-5-4-6-9(25)11(8)16(26)12-10(7)17(27)14-15(24(2)3)18(28)13(21(23)31)20(30)22(14,32)19(12)29;1-6-2-4-7(5-3-6)11(8,9)10/h4-6,10,14-15,17,25-27,30,32H,1H2,2-3H3,(H2,23,31);2-5H,1H3,(H,8,9,10)/t10-,14+,15+,17+,22+;/m1./s1. The van der Waals surface area contributed by atoms with Gasteiger partial charge in [-0.3, -0.25) is 23.8 Å². The second kappa shape index (κ2) is 10.7. The Morgan fingerprint density at radius 1 is 1.05 bits per heavy atom. The van der Waals surface area contributed by atoms with E-state index in [0.717, 1.165) is 5.56 Å². The predicted molar refractivity (Wildman–Crippen MR) is 152 cm³/mol. The minimum absolute atomic E-state index is 0.0666. The summed E-state index contributed by atoms with van der Waals surface area (Å²) in [6.07, 6.45) is -1.69. The van der Waals surface area contributed by atoms with Gasteiger partial charge in [-0.15, -0.1) is 0 Å². The van der Waals surface area contributed by atoms with Gasteiger partial charge in [-0.1, -0.05) is 36.4 Å². The number of Topliss-reactive ketones (excluding diaryl/α,β-unsaturated/α-hetero) is 2. The number of likely N-dealkylation sites (N-methyl/N-ethyl adjacent to an activating group) is 1. The number of carbonyl (C=O) groups is 3. The van der Waals surface area contributed by atoms with Crippen molar-refractivity contribution in [3.63, 3.8) is 0 Å². The highest BCUT2D eigenvalue weighted by molar-refractivity contribution is 7.85. The molecular weight excluding hydrogens is 584 g/mol. The van der Waals surface area contributed by atoms with Crippen LogP contribution in [0, 0.1) is 18.8 Å². The Hall–Kier alpha value is -4.34. The highest BCUT2D eigenvalue weighted by atomic mass is 32.2. The maximum atomic E-state index is 13.6. The van der Waals surface area contributed by atoms with Gasteiger partial charge in [0.1, 0.15) is 22.8 Å². The highest BCUT2D eigenvalue weighted by Crippen LogP contribution is 2.55. The molecule has 8 N–H and O–H groups in total. The summed E-state index contributed by atoms with van der Waals surface area (Å²) in [6.45, 7) is 5.76. The maximum absolute atomic E-state index is 13.6. The molecule has 0 aromatic heterocycles. The summed E-state index contributed by atoms with van der Waals surface area (Å²) >= 11 is 0. The molecule has 3 aliphatic rings. The molecule has 2 aromatic carbocycles. The topological polar surface area (TPSA) is 236 Å². The monoisotopic (exact) mass is 614 g/mol. The van der Waals surface area contributed by atoms with Crippen molar-refractivity contribution >= 4 is 38.9 Å². The van der Waals surface area contributed by atoms with Crippen molar-refractivity contribution in [3.05, 3.63) is 82.6 Å². The number of ketones is 2. The second-order valence-corrected chi connectivity index (χ2v) is 12.1. The predicted octanol–water partition coefficient (Wildman–Crippen LogP) is 0.647. The fourth-order valence-corrected chi connectivity index (χ4v) is 6.40. The first-order valence-electron chi connectivity index (χ1n) is 12.7. The van der Waals surface area contributed by atoms with Crippen LogP contribution in [0.15, 0.2) is 70.8 Å². The van der Waals surface area contributed by atoms with Gasteiger partial charge >= 0.3 is 0 Å². The van der Waals surface area contributed by atoms with E-state index in [-0.39, 0.29) is 27.3 Å². The van der Waals surface area contributed by atoms with Gasteiger partial charge in [-0.25, -0.2) is 0 Å². The number of fused-ring (bicyclic) bond motifs is 3. The number of aryl methyl sites for hydroxylation is 1. The zero-order valence-electron chi connectivity index (χ0n) is 23.2. The SMILES string of the molecule is C=C1c2cccc(O)c2C(O)=C2C(=O)[C@]3(O)C(O)=C(C(N)=O)C(=O)[C@@H](N(C)C)[C@H]3[C@@H](O)[C@H]12.Cc1ccc(S(=O)(=O)O)cc1. The lowest BCUT2D eigenvalue weighted by atomic mass is 9.55. The van der Waals surface area contributed by atoms with E-state index in [1.165, 1.54) is 49.3 Å². The Morgan fingerprint density at radius 2 is 1.63 bits per heavy atom. The smallest absolute Gasteiger partial charge is 0.294 e. The second-order valence-electron chi connectivity index (χ2n) is 10.7. The molecule has 13 nitrogen and oxygen atoms in total. The number of carbonyl (C=O) groups excluding carboxylic acids is 3. The number of hydrogen-bond donors (Lipinski definition) is 7. The molecule has 0 aliphatic heterocycles.